The number of nitrogens with two attached hydrogens (primary N) is 1. The van der Waals surface area contributed by atoms with E-state index in [1.807, 2.05) is 6.92 Å². The number of amides is 1. The van der Waals surface area contributed by atoms with Crippen molar-refractivity contribution in [3.8, 4) is 5.75 Å². The summed E-state index contributed by atoms with van der Waals surface area (Å²) in [4.78, 5) is 11.6. The second-order valence-corrected chi connectivity index (χ2v) is 5.44. The number of aryl methyl sites for hydroxylation is 1. The Labute approximate surface area is 118 Å². The predicted octanol–water partition coefficient (Wildman–Crippen LogP) is 1.88. The highest BCUT2D eigenvalue weighted by Gasteiger charge is 2.28. The van der Waals surface area contributed by atoms with Gasteiger partial charge in [0.25, 0.3) is 5.91 Å². The third-order valence-electron chi connectivity index (χ3n) is 3.26. The number of carbonyl (C=O) groups excluding carboxylic acids is 1. The maximum Gasteiger partial charge on any atom is 0.257 e. The van der Waals surface area contributed by atoms with Gasteiger partial charge in [-0.3, -0.25) is 4.79 Å². The molecule has 0 saturated heterocycles. The van der Waals surface area contributed by atoms with Crippen LogP contribution in [0.15, 0.2) is 18.2 Å². The van der Waals surface area contributed by atoms with Crippen molar-refractivity contribution < 1.29 is 9.53 Å². The molecule has 2 rings (SSSR count). The molecule has 1 atom stereocenters. The van der Waals surface area contributed by atoms with Gasteiger partial charge in [-0.2, -0.15) is 0 Å². The minimum Gasteiger partial charge on any atom is -0.484 e. The third-order valence-corrected chi connectivity index (χ3v) is 3.49. The van der Waals surface area contributed by atoms with Crippen LogP contribution in [-0.2, 0) is 4.79 Å². The van der Waals surface area contributed by atoms with Gasteiger partial charge >= 0.3 is 0 Å². The topological polar surface area (TPSA) is 64.3 Å². The molecule has 0 radical (unpaired) electrons. The lowest BCUT2D eigenvalue weighted by atomic mass is 10.2. The van der Waals surface area contributed by atoms with Crippen LogP contribution in [0.5, 0.6) is 5.75 Å². The highest BCUT2D eigenvalue weighted by Crippen LogP contribution is 2.31. The number of halogens is 1. The molecule has 0 heterocycles. The average Bonchev–Trinajstić information content (AvgIpc) is 3.19. The van der Waals surface area contributed by atoms with Crippen molar-refractivity contribution in [2.24, 2.45) is 11.7 Å². The van der Waals surface area contributed by atoms with Crippen molar-refractivity contribution in [1.29, 1.82) is 0 Å². The first kappa shape index (κ1) is 14.2. The summed E-state index contributed by atoms with van der Waals surface area (Å²) < 4.78 is 5.45. The maximum atomic E-state index is 11.6. The van der Waals surface area contributed by atoms with E-state index in [4.69, 9.17) is 22.1 Å². The molecule has 1 fully saturated rings. The fraction of sp³-hybridized carbons (Fsp3) is 0.500. The van der Waals surface area contributed by atoms with Gasteiger partial charge in [-0.25, -0.2) is 0 Å². The molecule has 19 heavy (non-hydrogen) atoms. The highest BCUT2D eigenvalue weighted by molar-refractivity contribution is 6.30. The van der Waals surface area contributed by atoms with Gasteiger partial charge in [0, 0.05) is 17.6 Å². The van der Waals surface area contributed by atoms with E-state index in [1.165, 1.54) is 12.8 Å². The Morgan fingerprint density at radius 2 is 2.32 bits per heavy atom. The van der Waals surface area contributed by atoms with Crippen LogP contribution in [0, 0.1) is 12.8 Å². The Balaban J connectivity index is 1.73. The van der Waals surface area contributed by atoms with Gasteiger partial charge in [-0.15, -0.1) is 0 Å². The Bertz CT molecular complexity index is 461. The largest absolute Gasteiger partial charge is 0.484 e. The quantitative estimate of drug-likeness (QED) is 0.837. The zero-order chi connectivity index (χ0) is 13.8. The fourth-order valence-corrected chi connectivity index (χ4v) is 2.12. The molecule has 1 unspecified atom stereocenters. The van der Waals surface area contributed by atoms with Crippen molar-refractivity contribution in [3.05, 3.63) is 28.8 Å². The average molecular weight is 283 g/mol. The van der Waals surface area contributed by atoms with Crippen LogP contribution in [0.2, 0.25) is 5.02 Å². The summed E-state index contributed by atoms with van der Waals surface area (Å²) >= 11 is 5.85. The molecule has 3 N–H and O–H groups in total. The van der Waals surface area contributed by atoms with E-state index < -0.39 is 0 Å². The minimum absolute atomic E-state index is 0.000140. The van der Waals surface area contributed by atoms with Crippen molar-refractivity contribution >= 4 is 17.5 Å². The molecule has 5 heteroatoms. The van der Waals surface area contributed by atoms with Crippen molar-refractivity contribution in [2.45, 2.75) is 25.8 Å². The molecule has 1 aromatic rings. The number of ether oxygens (including phenoxy) is 1. The maximum absolute atomic E-state index is 11.6. The minimum atomic E-state index is -0.148. The van der Waals surface area contributed by atoms with Crippen LogP contribution in [-0.4, -0.2) is 25.1 Å². The summed E-state index contributed by atoms with van der Waals surface area (Å²) in [7, 11) is 0. The first-order valence-corrected chi connectivity index (χ1v) is 6.85. The smallest absolute Gasteiger partial charge is 0.257 e. The predicted molar refractivity (Wildman–Crippen MR) is 75.4 cm³/mol. The van der Waals surface area contributed by atoms with Gasteiger partial charge in [-0.1, -0.05) is 11.6 Å². The normalized spacial score (nSPS) is 15.9. The fourth-order valence-electron chi connectivity index (χ4n) is 1.89. The molecule has 1 aromatic carbocycles. The molecule has 0 aliphatic heterocycles. The van der Waals surface area contributed by atoms with Gasteiger partial charge in [0.2, 0.25) is 0 Å². The van der Waals surface area contributed by atoms with E-state index in [9.17, 15) is 4.79 Å². The molecular formula is C14H19ClN2O2. The molecule has 1 saturated carbocycles. The number of benzene rings is 1. The summed E-state index contributed by atoms with van der Waals surface area (Å²) in [5.74, 6) is 1.11. The zero-order valence-corrected chi connectivity index (χ0v) is 11.7. The lowest BCUT2D eigenvalue weighted by molar-refractivity contribution is -0.123. The molecule has 4 nitrogen and oxygen atoms in total. The molecule has 0 aromatic heterocycles. The lowest BCUT2D eigenvalue weighted by Crippen LogP contribution is -2.40. The van der Waals surface area contributed by atoms with Crippen LogP contribution in [0.25, 0.3) is 0 Å². The number of rotatable bonds is 6. The second-order valence-electron chi connectivity index (χ2n) is 5.00. The molecule has 0 bridgehead atoms. The van der Waals surface area contributed by atoms with Crippen LogP contribution in [0.4, 0.5) is 0 Å². The van der Waals surface area contributed by atoms with E-state index in [2.05, 4.69) is 5.32 Å². The van der Waals surface area contributed by atoms with E-state index in [-0.39, 0.29) is 18.6 Å². The van der Waals surface area contributed by atoms with Crippen molar-refractivity contribution in [3.63, 3.8) is 0 Å². The van der Waals surface area contributed by atoms with E-state index >= 15 is 0 Å². The van der Waals surface area contributed by atoms with Gasteiger partial charge < -0.3 is 15.8 Å². The van der Waals surface area contributed by atoms with Crippen LogP contribution < -0.4 is 15.8 Å². The van der Waals surface area contributed by atoms with E-state index in [0.29, 0.717) is 23.2 Å². The zero-order valence-electron chi connectivity index (χ0n) is 11.0. The Hall–Kier alpha value is -1.26. The molecule has 1 aliphatic carbocycles. The molecular weight excluding hydrogens is 264 g/mol. The van der Waals surface area contributed by atoms with Crippen molar-refractivity contribution in [2.75, 3.05) is 13.2 Å². The molecule has 0 spiro atoms. The van der Waals surface area contributed by atoms with Crippen LogP contribution in [0.1, 0.15) is 18.4 Å². The van der Waals surface area contributed by atoms with Crippen molar-refractivity contribution in [1.82, 2.24) is 5.32 Å². The van der Waals surface area contributed by atoms with Gasteiger partial charge in [0.1, 0.15) is 5.75 Å². The molecule has 104 valence electrons. The summed E-state index contributed by atoms with van der Waals surface area (Å²) in [5, 5.41) is 3.45. The summed E-state index contributed by atoms with van der Waals surface area (Å²) in [6.07, 6.45) is 2.36. The SMILES string of the molecule is Cc1cc(Cl)ccc1OCC(=O)NCC(N)C1CC1. The Kier molecular flexibility index (Phi) is 4.66. The van der Waals surface area contributed by atoms with E-state index in [1.54, 1.807) is 18.2 Å². The first-order valence-electron chi connectivity index (χ1n) is 6.47. The molecule has 1 amide bonds. The molecule has 1 aliphatic rings. The van der Waals surface area contributed by atoms with Gasteiger partial charge in [-0.05, 0) is 49.4 Å². The van der Waals surface area contributed by atoms with Gasteiger partial charge in [0.05, 0.1) is 0 Å². The number of carbonyl (C=O) groups is 1. The Morgan fingerprint density at radius 1 is 1.58 bits per heavy atom. The number of hydrogen-bond acceptors (Lipinski definition) is 3. The number of nitrogens with one attached hydrogen (secondary N) is 1. The summed E-state index contributed by atoms with van der Waals surface area (Å²) in [6, 6.07) is 5.38. The standard InChI is InChI=1S/C14H19ClN2O2/c1-9-6-11(15)4-5-13(9)19-8-14(18)17-7-12(16)10-2-3-10/h4-6,10,12H,2-3,7-8,16H2,1H3,(H,17,18). The summed E-state index contributed by atoms with van der Waals surface area (Å²) in [6.45, 7) is 2.41. The highest BCUT2D eigenvalue weighted by atomic mass is 35.5. The summed E-state index contributed by atoms with van der Waals surface area (Å²) in [5.41, 5.74) is 6.82. The first-order chi connectivity index (χ1) is 9.06. The monoisotopic (exact) mass is 282 g/mol. The Morgan fingerprint density at radius 3 is 2.95 bits per heavy atom. The van der Waals surface area contributed by atoms with Gasteiger partial charge in [0.15, 0.2) is 6.61 Å². The van der Waals surface area contributed by atoms with Crippen LogP contribution in [0.3, 0.4) is 0 Å². The number of hydrogen-bond donors (Lipinski definition) is 2. The second kappa shape index (κ2) is 6.26. The lowest BCUT2D eigenvalue weighted by Gasteiger charge is -2.13. The van der Waals surface area contributed by atoms with Crippen LogP contribution >= 0.6 is 11.6 Å². The van der Waals surface area contributed by atoms with E-state index in [0.717, 1.165) is 5.56 Å². The third kappa shape index (κ3) is 4.40.